The summed E-state index contributed by atoms with van der Waals surface area (Å²) >= 11 is 0. The molecule has 0 saturated heterocycles. The fourth-order valence-electron chi connectivity index (χ4n) is 4.14. The van der Waals surface area contributed by atoms with Crippen LogP contribution in [0.25, 0.3) is 0 Å². The van der Waals surface area contributed by atoms with Gasteiger partial charge in [-0.25, -0.2) is 9.97 Å². The van der Waals surface area contributed by atoms with Crippen molar-refractivity contribution in [3.05, 3.63) is 88.9 Å². The molecular weight excluding hydrogens is 428 g/mol. The molecule has 0 saturated carbocycles. The van der Waals surface area contributed by atoms with E-state index >= 15 is 0 Å². The van der Waals surface area contributed by atoms with Gasteiger partial charge in [-0.05, 0) is 47.9 Å². The van der Waals surface area contributed by atoms with Gasteiger partial charge in [0.25, 0.3) is 0 Å². The molecule has 3 aromatic rings. The highest BCUT2D eigenvalue weighted by molar-refractivity contribution is 5.91. The van der Waals surface area contributed by atoms with Gasteiger partial charge in [-0.2, -0.15) is 0 Å². The van der Waals surface area contributed by atoms with Gasteiger partial charge in [-0.15, -0.1) is 0 Å². The summed E-state index contributed by atoms with van der Waals surface area (Å²) in [6.45, 7) is 8.18. The summed E-state index contributed by atoms with van der Waals surface area (Å²) < 4.78 is 5.53. The van der Waals surface area contributed by atoms with E-state index in [-0.39, 0.29) is 11.7 Å². The van der Waals surface area contributed by atoms with Gasteiger partial charge in [0, 0.05) is 55.9 Å². The lowest BCUT2D eigenvalue weighted by Crippen LogP contribution is -2.21. The first-order valence-corrected chi connectivity index (χ1v) is 11.1. The van der Waals surface area contributed by atoms with Gasteiger partial charge < -0.3 is 15.0 Å². The van der Waals surface area contributed by atoms with Crippen LogP contribution in [0.15, 0.2) is 55.3 Å². The number of aromatic nitrogens is 2. The average molecular weight is 457 g/mol. The highest BCUT2D eigenvalue weighted by Crippen LogP contribution is 2.34. The number of allylic oxidation sites excluding steroid dienone is 1. The Kier molecular flexibility index (Phi) is 6.72. The lowest BCUT2D eigenvalue weighted by Gasteiger charge is -2.13. The van der Waals surface area contributed by atoms with Crippen molar-refractivity contribution in [2.75, 3.05) is 12.4 Å². The molecule has 0 spiro atoms. The van der Waals surface area contributed by atoms with Crippen molar-refractivity contribution in [3.63, 3.8) is 0 Å². The second-order valence-corrected chi connectivity index (χ2v) is 8.43. The molecule has 0 fully saturated rings. The van der Waals surface area contributed by atoms with Crippen LogP contribution in [-0.2, 0) is 35.5 Å². The van der Waals surface area contributed by atoms with Crippen molar-refractivity contribution in [1.29, 1.82) is 0 Å². The summed E-state index contributed by atoms with van der Waals surface area (Å²) in [5.41, 5.74) is 5.91. The van der Waals surface area contributed by atoms with Crippen LogP contribution in [0.1, 0.15) is 40.6 Å². The molecule has 174 valence electrons. The van der Waals surface area contributed by atoms with Crippen LogP contribution < -0.4 is 10.1 Å². The van der Waals surface area contributed by atoms with Crippen LogP contribution in [0.2, 0.25) is 0 Å². The Balaban J connectivity index is 1.58. The number of rotatable bonds is 8. The van der Waals surface area contributed by atoms with Gasteiger partial charge in [0.1, 0.15) is 17.4 Å². The largest absolute Gasteiger partial charge is 0.496 e. The number of ketones is 1. The fraction of sp³-hybridized carbons (Fsp3) is 0.259. The van der Waals surface area contributed by atoms with E-state index in [2.05, 4.69) is 16.9 Å². The maximum Gasteiger partial charge on any atom is 0.220 e. The molecule has 34 heavy (non-hydrogen) atoms. The van der Waals surface area contributed by atoms with Crippen LogP contribution in [-0.4, -0.2) is 33.7 Å². The number of benzene rings is 2. The Hall–Kier alpha value is -4.00. The molecule has 0 bridgehead atoms. The number of ether oxygens (including phenoxy) is 1. The maximum absolute atomic E-state index is 12.0. The normalized spacial score (nSPS) is 12.3. The smallest absolute Gasteiger partial charge is 0.220 e. The molecule has 0 radical (unpaired) electrons. The van der Waals surface area contributed by atoms with E-state index in [9.17, 15) is 9.59 Å². The molecule has 7 heteroatoms. The molecule has 0 unspecified atom stereocenters. The number of carbonyl (C=O) groups is 2. The van der Waals surface area contributed by atoms with Gasteiger partial charge in [0.15, 0.2) is 5.78 Å². The van der Waals surface area contributed by atoms with E-state index in [1.807, 2.05) is 48.2 Å². The quantitative estimate of drug-likeness (QED) is 0.509. The molecule has 1 aliphatic rings. The van der Waals surface area contributed by atoms with Gasteiger partial charge in [-0.3, -0.25) is 9.59 Å². The Morgan fingerprint density at radius 2 is 2.00 bits per heavy atom. The zero-order chi connectivity index (χ0) is 24.2. The van der Waals surface area contributed by atoms with E-state index in [1.54, 1.807) is 20.2 Å². The highest BCUT2D eigenvalue weighted by atomic mass is 16.5. The Morgan fingerprint density at radius 3 is 2.74 bits per heavy atom. The molecular formula is C27H28N4O3. The van der Waals surface area contributed by atoms with Crippen LogP contribution in [0.4, 0.5) is 11.5 Å². The molecule has 0 atom stereocenters. The molecule has 1 aliphatic heterocycles. The minimum atomic E-state index is -0.0204. The lowest BCUT2D eigenvalue weighted by atomic mass is 9.99. The van der Waals surface area contributed by atoms with Crippen molar-refractivity contribution in [3.8, 4) is 5.75 Å². The second-order valence-electron chi connectivity index (χ2n) is 8.43. The number of hydrogen-bond donors (Lipinski definition) is 1. The molecule has 7 nitrogen and oxygen atoms in total. The summed E-state index contributed by atoms with van der Waals surface area (Å²) in [5, 5.41) is 3.36. The molecule has 2 aromatic carbocycles. The second kappa shape index (κ2) is 9.87. The summed E-state index contributed by atoms with van der Waals surface area (Å²) in [5.74, 6) is 2.21. The van der Waals surface area contributed by atoms with Crippen molar-refractivity contribution in [2.45, 2.75) is 39.8 Å². The monoisotopic (exact) mass is 456 g/mol. The number of nitrogens with zero attached hydrogens (tertiary/aromatic N) is 3. The third-order valence-corrected chi connectivity index (χ3v) is 6.01. The number of carbonyl (C=O) groups excluding carboxylic acids is 2. The number of aryl methyl sites for hydroxylation is 1. The average Bonchev–Trinajstić information content (AvgIpc) is 3.28. The van der Waals surface area contributed by atoms with Crippen molar-refractivity contribution in [2.24, 2.45) is 0 Å². The fourth-order valence-corrected chi connectivity index (χ4v) is 4.14. The van der Waals surface area contributed by atoms with E-state index in [1.165, 1.54) is 6.08 Å². The van der Waals surface area contributed by atoms with Gasteiger partial charge >= 0.3 is 0 Å². The summed E-state index contributed by atoms with van der Waals surface area (Å²) in [6, 6.07) is 11.7. The Bertz CT molecular complexity index is 1270. The first kappa shape index (κ1) is 23.2. The first-order valence-electron chi connectivity index (χ1n) is 11.1. The van der Waals surface area contributed by atoms with Gasteiger partial charge in [0.2, 0.25) is 5.91 Å². The van der Waals surface area contributed by atoms with Gasteiger partial charge in [0.05, 0.1) is 7.11 Å². The molecule has 1 N–H and O–H groups in total. The van der Waals surface area contributed by atoms with E-state index in [0.29, 0.717) is 37.6 Å². The minimum absolute atomic E-state index is 0.0204. The predicted molar refractivity (Wildman–Crippen MR) is 131 cm³/mol. The Labute approximate surface area is 199 Å². The predicted octanol–water partition coefficient (Wildman–Crippen LogP) is 4.29. The topological polar surface area (TPSA) is 84.4 Å². The summed E-state index contributed by atoms with van der Waals surface area (Å²) in [6.07, 6.45) is 4.00. The highest BCUT2D eigenvalue weighted by Gasteiger charge is 2.27. The van der Waals surface area contributed by atoms with Crippen molar-refractivity contribution in [1.82, 2.24) is 14.9 Å². The number of hydrogen-bond acceptors (Lipinski definition) is 6. The SMILES string of the molecule is C=CC(=O)Cc1cccc(Nc2nc(Cc3ccc(OC)c4c3CN(C(C)=O)C4)ncc2C)c1. The van der Waals surface area contributed by atoms with Crippen LogP contribution >= 0.6 is 0 Å². The number of nitrogens with one attached hydrogen (secondary N) is 1. The lowest BCUT2D eigenvalue weighted by molar-refractivity contribution is -0.129. The molecule has 1 amide bonds. The zero-order valence-electron chi connectivity index (χ0n) is 19.7. The summed E-state index contributed by atoms with van der Waals surface area (Å²) in [4.78, 5) is 34.8. The van der Waals surface area contributed by atoms with Crippen LogP contribution in [0, 0.1) is 6.92 Å². The number of methoxy groups -OCH3 is 1. The van der Waals surface area contributed by atoms with Crippen molar-refractivity contribution >= 4 is 23.2 Å². The van der Waals surface area contributed by atoms with Gasteiger partial charge in [-0.1, -0.05) is 24.8 Å². The minimum Gasteiger partial charge on any atom is -0.496 e. The van der Waals surface area contributed by atoms with Crippen LogP contribution in [0.3, 0.4) is 0 Å². The first-order chi connectivity index (χ1) is 16.4. The van der Waals surface area contributed by atoms with Crippen LogP contribution in [0.5, 0.6) is 5.75 Å². The molecule has 4 rings (SSSR count). The molecule has 2 heterocycles. The molecule has 1 aromatic heterocycles. The van der Waals surface area contributed by atoms with E-state index in [4.69, 9.17) is 9.72 Å². The zero-order valence-corrected chi connectivity index (χ0v) is 19.7. The van der Waals surface area contributed by atoms with E-state index in [0.717, 1.165) is 39.3 Å². The number of amides is 1. The third kappa shape index (κ3) is 4.98. The number of anilines is 2. The number of fused-ring (bicyclic) bond motifs is 1. The standard InChI is InChI=1S/C27H28N4O3/c1-5-22(33)12-19-7-6-8-21(11-19)29-27-17(2)14-28-26(30-27)13-20-9-10-25(34-4)24-16-31(18(3)32)15-23(20)24/h5-11,14H,1,12-13,15-16H2,2-4H3,(H,28,29,30). The Morgan fingerprint density at radius 1 is 1.21 bits per heavy atom. The van der Waals surface area contributed by atoms with E-state index < -0.39 is 0 Å². The maximum atomic E-state index is 12.0. The summed E-state index contributed by atoms with van der Waals surface area (Å²) in [7, 11) is 1.65. The van der Waals surface area contributed by atoms with Crippen molar-refractivity contribution < 1.29 is 14.3 Å². The molecule has 0 aliphatic carbocycles. The third-order valence-electron chi connectivity index (χ3n) is 6.01.